The maximum atomic E-state index is 12.8. The van der Waals surface area contributed by atoms with E-state index in [-0.39, 0.29) is 52.0 Å². The molecule has 1 aliphatic rings. The Hall–Kier alpha value is -2.52. The third kappa shape index (κ3) is 4.11. The second-order valence-corrected chi connectivity index (χ2v) is 6.80. The van der Waals surface area contributed by atoms with Crippen molar-refractivity contribution in [1.82, 2.24) is 0 Å². The van der Waals surface area contributed by atoms with Crippen LogP contribution in [0.3, 0.4) is 0 Å². The summed E-state index contributed by atoms with van der Waals surface area (Å²) in [5, 5.41) is 9.79. The van der Waals surface area contributed by atoms with Crippen molar-refractivity contribution in [3.8, 4) is 5.75 Å². The Balaban J connectivity index is 2.22. The van der Waals surface area contributed by atoms with Crippen molar-refractivity contribution in [3.05, 3.63) is 73.1 Å². The number of esters is 1. The van der Waals surface area contributed by atoms with Crippen LogP contribution >= 0.6 is 23.2 Å². The molecule has 0 unspecified atom stereocenters. The Labute approximate surface area is 175 Å². The van der Waals surface area contributed by atoms with Gasteiger partial charge >= 0.3 is 5.97 Å². The lowest BCUT2D eigenvalue weighted by atomic mass is 9.86. The summed E-state index contributed by atoms with van der Waals surface area (Å²) < 4.78 is 21.1. The summed E-state index contributed by atoms with van der Waals surface area (Å²) in [6.07, 6.45) is 0. The van der Waals surface area contributed by atoms with Gasteiger partial charge in [0.2, 0.25) is 17.1 Å². The molecule has 0 saturated carbocycles. The van der Waals surface area contributed by atoms with E-state index >= 15 is 0 Å². The first-order valence-electron chi connectivity index (χ1n) is 8.44. The fourth-order valence-electron chi connectivity index (χ4n) is 2.91. The zero-order valence-corrected chi connectivity index (χ0v) is 16.7. The van der Waals surface area contributed by atoms with E-state index in [4.69, 9.17) is 47.6 Å². The molecule has 1 aromatic carbocycles. The number of rotatable bonds is 6. The lowest BCUT2D eigenvalue weighted by Crippen LogP contribution is -2.30. The van der Waals surface area contributed by atoms with Crippen molar-refractivity contribution >= 4 is 29.2 Å². The highest BCUT2D eigenvalue weighted by Crippen LogP contribution is 2.45. The van der Waals surface area contributed by atoms with Gasteiger partial charge in [0, 0.05) is 13.2 Å². The van der Waals surface area contributed by atoms with Crippen molar-refractivity contribution in [2.45, 2.75) is 12.5 Å². The standard InChI is InChI=1S/C19H17Cl2NO7/c1-26-5-6-27-19(25)14-13(10-3-2-4-11(20)15(10)21)17-16(29-18(14)22)12(24)7-9(8-23)28-17/h2-4,7,13,23H,5-6,8,22H2,1H3/t13-/m1/s1. The smallest absolute Gasteiger partial charge is 0.340 e. The van der Waals surface area contributed by atoms with E-state index in [1.165, 1.54) is 7.11 Å². The number of halogens is 2. The van der Waals surface area contributed by atoms with Gasteiger partial charge in [0.25, 0.3) is 0 Å². The fraction of sp³-hybridized carbons (Fsp3) is 0.263. The number of carbonyl (C=O) groups is 1. The first-order chi connectivity index (χ1) is 13.9. The average Bonchev–Trinajstić information content (AvgIpc) is 2.70. The van der Waals surface area contributed by atoms with Gasteiger partial charge in [0.15, 0.2) is 5.76 Å². The average molecular weight is 442 g/mol. The Morgan fingerprint density at radius 2 is 2.07 bits per heavy atom. The molecule has 10 heteroatoms. The van der Waals surface area contributed by atoms with Crippen molar-refractivity contribution < 1.29 is 28.5 Å². The summed E-state index contributed by atoms with van der Waals surface area (Å²) in [5.41, 5.74) is 5.63. The fourth-order valence-corrected chi connectivity index (χ4v) is 3.33. The molecule has 3 N–H and O–H groups in total. The van der Waals surface area contributed by atoms with E-state index in [1.54, 1.807) is 18.2 Å². The van der Waals surface area contributed by atoms with Gasteiger partial charge in [0.1, 0.15) is 24.5 Å². The number of carbonyl (C=O) groups excluding carboxylic acids is 1. The van der Waals surface area contributed by atoms with E-state index in [0.717, 1.165) is 6.07 Å². The molecule has 0 radical (unpaired) electrons. The number of methoxy groups -OCH3 is 1. The molecule has 0 saturated heterocycles. The lowest BCUT2D eigenvalue weighted by molar-refractivity contribution is -0.140. The number of ether oxygens (including phenoxy) is 3. The van der Waals surface area contributed by atoms with Crippen LogP contribution in [-0.4, -0.2) is 31.4 Å². The zero-order valence-electron chi connectivity index (χ0n) is 15.2. The second-order valence-electron chi connectivity index (χ2n) is 6.01. The molecule has 154 valence electrons. The minimum absolute atomic E-state index is 0.0203. The number of hydrogen-bond donors (Lipinski definition) is 2. The number of hydrogen-bond acceptors (Lipinski definition) is 8. The number of benzene rings is 1. The van der Waals surface area contributed by atoms with Crippen LogP contribution in [0.2, 0.25) is 10.0 Å². The van der Waals surface area contributed by atoms with E-state index in [1.807, 2.05) is 0 Å². The molecule has 1 aliphatic heterocycles. The van der Waals surface area contributed by atoms with Gasteiger partial charge in [-0.25, -0.2) is 4.79 Å². The SMILES string of the molecule is COCCOC(=O)C1=C(N)Oc2c(oc(CO)cc2=O)[C@@H]1c1cccc(Cl)c1Cl. The molecule has 0 spiro atoms. The van der Waals surface area contributed by atoms with Gasteiger partial charge in [-0.2, -0.15) is 0 Å². The van der Waals surface area contributed by atoms with Crippen LogP contribution in [0, 0.1) is 0 Å². The van der Waals surface area contributed by atoms with Crippen LogP contribution in [0.4, 0.5) is 0 Å². The predicted molar refractivity (Wildman–Crippen MR) is 104 cm³/mol. The lowest BCUT2D eigenvalue weighted by Gasteiger charge is -2.27. The first-order valence-corrected chi connectivity index (χ1v) is 9.19. The van der Waals surface area contributed by atoms with Crippen molar-refractivity contribution in [2.75, 3.05) is 20.3 Å². The number of nitrogens with two attached hydrogens (primary N) is 1. The molecule has 0 fully saturated rings. The molecule has 8 nitrogen and oxygen atoms in total. The van der Waals surface area contributed by atoms with Gasteiger partial charge in [-0.15, -0.1) is 0 Å². The van der Waals surface area contributed by atoms with Crippen LogP contribution in [0.15, 0.2) is 44.9 Å². The minimum atomic E-state index is -1.04. The maximum absolute atomic E-state index is 12.8. The van der Waals surface area contributed by atoms with Crippen molar-refractivity contribution in [3.63, 3.8) is 0 Å². The third-order valence-corrected chi connectivity index (χ3v) is 5.03. The second kappa shape index (κ2) is 8.87. The Bertz CT molecular complexity index is 1030. The highest BCUT2D eigenvalue weighted by atomic mass is 35.5. The maximum Gasteiger partial charge on any atom is 0.340 e. The molecular weight excluding hydrogens is 425 g/mol. The highest BCUT2D eigenvalue weighted by Gasteiger charge is 2.40. The molecule has 0 amide bonds. The van der Waals surface area contributed by atoms with Gasteiger partial charge in [-0.05, 0) is 11.6 Å². The number of aliphatic hydroxyl groups is 1. The normalized spacial score (nSPS) is 15.7. The quantitative estimate of drug-likeness (QED) is 0.517. The van der Waals surface area contributed by atoms with Gasteiger partial charge < -0.3 is 29.5 Å². The van der Waals surface area contributed by atoms with Gasteiger partial charge in [-0.1, -0.05) is 35.3 Å². The van der Waals surface area contributed by atoms with Gasteiger partial charge in [0.05, 0.1) is 22.6 Å². The number of fused-ring (bicyclic) bond motifs is 1. The van der Waals surface area contributed by atoms with E-state index in [2.05, 4.69) is 0 Å². The Morgan fingerprint density at radius 1 is 1.31 bits per heavy atom. The van der Waals surface area contributed by atoms with E-state index in [0.29, 0.717) is 5.56 Å². The van der Waals surface area contributed by atoms with Crippen LogP contribution < -0.4 is 15.9 Å². The summed E-state index contributed by atoms with van der Waals surface area (Å²) in [4.78, 5) is 25.2. The van der Waals surface area contributed by atoms with E-state index < -0.39 is 23.9 Å². The molecule has 2 heterocycles. The minimum Gasteiger partial charge on any atom is -0.460 e. The largest absolute Gasteiger partial charge is 0.460 e. The molecule has 1 aromatic heterocycles. The molecular formula is C19H17Cl2NO7. The van der Waals surface area contributed by atoms with Crippen LogP contribution in [0.1, 0.15) is 23.0 Å². The van der Waals surface area contributed by atoms with Crippen LogP contribution in [0.25, 0.3) is 0 Å². The summed E-state index contributed by atoms with van der Waals surface area (Å²) >= 11 is 12.5. The molecule has 0 aliphatic carbocycles. The third-order valence-electron chi connectivity index (χ3n) is 4.20. The van der Waals surface area contributed by atoms with Crippen molar-refractivity contribution in [1.29, 1.82) is 0 Å². The molecule has 2 aromatic rings. The summed E-state index contributed by atoms with van der Waals surface area (Å²) in [6.45, 7) is -0.399. The van der Waals surface area contributed by atoms with Gasteiger partial charge in [-0.3, -0.25) is 4.79 Å². The topological polar surface area (TPSA) is 121 Å². The predicted octanol–water partition coefficient (Wildman–Crippen LogP) is 2.32. The molecule has 1 atom stereocenters. The zero-order chi connectivity index (χ0) is 21.1. The molecule has 3 rings (SSSR count). The van der Waals surface area contributed by atoms with E-state index in [9.17, 15) is 14.7 Å². The summed E-state index contributed by atoms with van der Waals surface area (Å²) in [6, 6.07) is 5.87. The summed E-state index contributed by atoms with van der Waals surface area (Å²) in [5.74, 6) is -2.45. The number of aliphatic hydroxyl groups excluding tert-OH is 1. The first kappa shape index (κ1) is 21.2. The molecule has 0 bridgehead atoms. The van der Waals surface area contributed by atoms with Crippen molar-refractivity contribution in [2.24, 2.45) is 5.73 Å². The Kier molecular flexibility index (Phi) is 6.49. The highest BCUT2D eigenvalue weighted by molar-refractivity contribution is 6.42. The van der Waals surface area contributed by atoms with Crippen LogP contribution in [0.5, 0.6) is 5.75 Å². The Morgan fingerprint density at radius 3 is 2.76 bits per heavy atom. The summed E-state index contributed by atoms with van der Waals surface area (Å²) in [7, 11) is 1.46. The monoisotopic (exact) mass is 441 g/mol. The van der Waals surface area contributed by atoms with Crippen LogP contribution in [-0.2, 0) is 20.9 Å². The molecule has 29 heavy (non-hydrogen) atoms.